The molecule has 1 heterocycles. The Hall–Kier alpha value is -0.480. The van der Waals surface area contributed by atoms with Crippen molar-refractivity contribution in [3.05, 3.63) is 0 Å². The fourth-order valence-electron chi connectivity index (χ4n) is 2.18. The average molecular weight is 295 g/mol. The maximum atomic E-state index is 12.1. The van der Waals surface area contributed by atoms with Crippen LogP contribution in [0.25, 0.3) is 0 Å². The van der Waals surface area contributed by atoms with Crippen molar-refractivity contribution < 1.29 is 9.59 Å². The summed E-state index contributed by atoms with van der Waals surface area (Å²) in [5.41, 5.74) is 0. The van der Waals surface area contributed by atoms with Crippen molar-refractivity contribution >= 4 is 35.0 Å². The van der Waals surface area contributed by atoms with Gasteiger partial charge in [0.05, 0.1) is 0 Å². The summed E-state index contributed by atoms with van der Waals surface area (Å²) in [6, 6.07) is 0. The molecule has 6 heteroatoms. The lowest BCUT2D eigenvalue weighted by Crippen LogP contribution is -2.52. The highest BCUT2D eigenvalue weighted by Crippen LogP contribution is 2.15. The minimum absolute atomic E-state index is 0.0982. The Kier molecular flexibility index (Phi) is 6.22. The van der Waals surface area contributed by atoms with Crippen LogP contribution in [0.4, 0.5) is 0 Å². The number of rotatable bonds is 4. The summed E-state index contributed by atoms with van der Waals surface area (Å²) in [6.45, 7) is 6.22. The molecule has 1 rings (SSSR count). The third kappa shape index (κ3) is 3.75. The van der Waals surface area contributed by atoms with Crippen molar-refractivity contribution in [2.45, 2.75) is 31.5 Å². The number of hydrogen-bond donors (Lipinski definition) is 0. The Bertz CT molecular complexity index is 298. The van der Waals surface area contributed by atoms with Crippen LogP contribution in [0.5, 0.6) is 0 Å². The van der Waals surface area contributed by atoms with E-state index in [-0.39, 0.29) is 17.7 Å². The van der Waals surface area contributed by atoms with Gasteiger partial charge in [-0.25, -0.2) is 0 Å². The number of piperazine rings is 1. The van der Waals surface area contributed by atoms with Crippen molar-refractivity contribution in [2.75, 3.05) is 26.2 Å². The second-order valence-corrected chi connectivity index (χ2v) is 5.56. The van der Waals surface area contributed by atoms with E-state index in [0.717, 1.165) is 12.8 Å². The van der Waals surface area contributed by atoms with Gasteiger partial charge in [0.2, 0.25) is 5.91 Å². The van der Waals surface area contributed by atoms with Crippen molar-refractivity contribution in [3.63, 3.8) is 0 Å². The molecule has 1 aliphatic heterocycles. The number of halogens is 2. The Labute approximate surface area is 118 Å². The summed E-state index contributed by atoms with van der Waals surface area (Å²) in [6.07, 6.45) is 1.72. The second-order valence-electron chi connectivity index (χ2n) is 4.46. The van der Waals surface area contributed by atoms with Gasteiger partial charge in [-0.3, -0.25) is 9.59 Å². The topological polar surface area (TPSA) is 40.6 Å². The van der Waals surface area contributed by atoms with Crippen LogP contribution in [0.3, 0.4) is 0 Å². The maximum absolute atomic E-state index is 12.1. The van der Waals surface area contributed by atoms with Crippen LogP contribution in [-0.2, 0) is 9.59 Å². The van der Waals surface area contributed by atoms with Crippen LogP contribution in [0, 0.1) is 5.92 Å². The predicted octanol–water partition coefficient (Wildman–Crippen LogP) is 1.90. The number of amides is 2. The molecular formula is C12H20Cl2N2O2. The minimum atomic E-state index is -1.01. The molecule has 1 fully saturated rings. The number of carbonyl (C=O) groups excluding carboxylic acids is 2. The molecule has 0 bridgehead atoms. The van der Waals surface area contributed by atoms with Gasteiger partial charge < -0.3 is 9.80 Å². The van der Waals surface area contributed by atoms with Crippen LogP contribution in [-0.4, -0.2) is 52.6 Å². The Morgan fingerprint density at radius 1 is 0.944 bits per heavy atom. The van der Waals surface area contributed by atoms with Gasteiger partial charge in [0, 0.05) is 32.1 Å². The van der Waals surface area contributed by atoms with Gasteiger partial charge in [0.15, 0.2) is 4.84 Å². The van der Waals surface area contributed by atoms with E-state index in [0.29, 0.717) is 26.2 Å². The molecule has 104 valence electrons. The smallest absolute Gasteiger partial charge is 0.255 e. The predicted molar refractivity (Wildman–Crippen MR) is 72.7 cm³/mol. The zero-order valence-corrected chi connectivity index (χ0v) is 12.4. The summed E-state index contributed by atoms with van der Waals surface area (Å²) in [5.74, 6) is 0.0226. The van der Waals surface area contributed by atoms with Gasteiger partial charge in [-0.2, -0.15) is 0 Å². The molecule has 2 amide bonds. The minimum Gasteiger partial charge on any atom is -0.339 e. The van der Waals surface area contributed by atoms with Crippen LogP contribution < -0.4 is 0 Å². The molecule has 0 aromatic carbocycles. The van der Waals surface area contributed by atoms with Gasteiger partial charge >= 0.3 is 0 Å². The largest absolute Gasteiger partial charge is 0.339 e. The summed E-state index contributed by atoms with van der Waals surface area (Å²) in [4.78, 5) is 26.2. The van der Waals surface area contributed by atoms with Crippen LogP contribution in [0.2, 0.25) is 0 Å². The molecular weight excluding hydrogens is 275 g/mol. The Morgan fingerprint density at radius 3 is 1.67 bits per heavy atom. The van der Waals surface area contributed by atoms with Gasteiger partial charge in [-0.05, 0) is 12.8 Å². The monoisotopic (exact) mass is 294 g/mol. The second kappa shape index (κ2) is 7.19. The third-order valence-corrected chi connectivity index (χ3v) is 3.80. The molecule has 0 N–H and O–H groups in total. The molecule has 0 atom stereocenters. The highest BCUT2D eigenvalue weighted by molar-refractivity contribution is 6.53. The highest BCUT2D eigenvalue weighted by atomic mass is 35.5. The van der Waals surface area contributed by atoms with Crippen molar-refractivity contribution in [1.82, 2.24) is 9.80 Å². The number of hydrogen-bond acceptors (Lipinski definition) is 2. The lowest BCUT2D eigenvalue weighted by atomic mass is 10.0. The standard InChI is InChI=1S/C12H20Cl2N2O2/c1-3-9(4-2)11(17)15-5-7-16(8-6-15)12(18)10(13)14/h9-10H,3-8H2,1-2H3. The van der Waals surface area contributed by atoms with Gasteiger partial charge in [0.1, 0.15) is 0 Å². The molecule has 0 radical (unpaired) electrons. The SMILES string of the molecule is CCC(CC)C(=O)N1CCN(C(=O)C(Cl)Cl)CC1. The van der Waals surface area contributed by atoms with Gasteiger partial charge in [-0.1, -0.05) is 37.0 Å². The molecule has 0 aliphatic carbocycles. The molecule has 0 aromatic heterocycles. The van der Waals surface area contributed by atoms with Gasteiger partial charge in [-0.15, -0.1) is 0 Å². The molecule has 0 saturated carbocycles. The summed E-state index contributed by atoms with van der Waals surface area (Å²) in [7, 11) is 0. The summed E-state index contributed by atoms with van der Waals surface area (Å²) in [5, 5.41) is 0. The summed E-state index contributed by atoms with van der Waals surface area (Å²) >= 11 is 11.1. The molecule has 18 heavy (non-hydrogen) atoms. The van der Waals surface area contributed by atoms with E-state index >= 15 is 0 Å². The number of carbonyl (C=O) groups is 2. The lowest BCUT2D eigenvalue weighted by Gasteiger charge is -2.36. The third-order valence-electron chi connectivity index (χ3n) is 3.42. The van der Waals surface area contributed by atoms with Crippen LogP contribution in [0.1, 0.15) is 26.7 Å². The van der Waals surface area contributed by atoms with E-state index < -0.39 is 4.84 Å². The van der Waals surface area contributed by atoms with Crippen molar-refractivity contribution in [2.24, 2.45) is 5.92 Å². The fourth-order valence-corrected chi connectivity index (χ4v) is 2.46. The first kappa shape index (κ1) is 15.6. The van der Waals surface area contributed by atoms with E-state index in [1.165, 1.54) is 0 Å². The lowest BCUT2D eigenvalue weighted by molar-refractivity contribution is -0.141. The van der Waals surface area contributed by atoms with Crippen molar-refractivity contribution in [1.29, 1.82) is 0 Å². The van der Waals surface area contributed by atoms with Crippen LogP contribution in [0.15, 0.2) is 0 Å². The molecule has 0 aromatic rings. The van der Waals surface area contributed by atoms with E-state index in [1.54, 1.807) is 4.90 Å². The van der Waals surface area contributed by atoms with Gasteiger partial charge in [0.25, 0.3) is 5.91 Å². The molecule has 4 nitrogen and oxygen atoms in total. The van der Waals surface area contributed by atoms with Crippen molar-refractivity contribution in [3.8, 4) is 0 Å². The first-order chi connectivity index (χ1) is 8.51. The molecule has 1 saturated heterocycles. The summed E-state index contributed by atoms with van der Waals surface area (Å²) < 4.78 is 0. The van der Waals surface area contributed by atoms with E-state index in [4.69, 9.17) is 23.2 Å². The Balaban J connectivity index is 2.49. The van der Waals surface area contributed by atoms with E-state index in [1.807, 2.05) is 18.7 Å². The van der Waals surface area contributed by atoms with E-state index in [2.05, 4.69) is 0 Å². The zero-order valence-electron chi connectivity index (χ0n) is 10.9. The first-order valence-electron chi connectivity index (χ1n) is 6.36. The normalized spacial score (nSPS) is 16.6. The number of alkyl halides is 2. The highest BCUT2D eigenvalue weighted by Gasteiger charge is 2.28. The molecule has 0 unspecified atom stereocenters. The molecule has 0 spiro atoms. The average Bonchev–Trinajstić information content (AvgIpc) is 2.39. The Morgan fingerprint density at radius 2 is 1.33 bits per heavy atom. The number of nitrogens with zero attached hydrogens (tertiary/aromatic N) is 2. The fraction of sp³-hybridized carbons (Fsp3) is 0.833. The quantitative estimate of drug-likeness (QED) is 0.743. The van der Waals surface area contributed by atoms with E-state index in [9.17, 15) is 9.59 Å². The maximum Gasteiger partial charge on any atom is 0.255 e. The first-order valence-corrected chi connectivity index (χ1v) is 7.24. The van der Waals surface area contributed by atoms with Crippen LogP contribution >= 0.6 is 23.2 Å². The molecule has 1 aliphatic rings. The zero-order chi connectivity index (χ0) is 13.7.